The van der Waals surface area contributed by atoms with E-state index in [1.54, 1.807) is 0 Å². The van der Waals surface area contributed by atoms with Crippen molar-refractivity contribution in [2.45, 2.75) is 59.0 Å². The Labute approximate surface area is 176 Å². The predicted octanol–water partition coefficient (Wildman–Crippen LogP) is 2.18. The summed E-state index contributed by atoms with van der Waals surface area (Å²) in [5.41, 5.74) is 2.65. The van der Waals surface area contributed by atoms with Crippen molar-refractivity contribution in [3.8, 4) is 0 Å². The molecule has 162 valence electrons. The van der Waals surface area contributed by atoms with Crippen LogP contribution in [0.5, 0.6) is 0 Å². The highest BCUT2D eigenvalue weighted by Gasteiger charge is 2.31. The van der Waals surface area contributed by atoms with Gasteiger partial charge in [0, 0.05) is 32.7 Å². The maximum absolute atomic E-state index is 12.5. The number of amides is 2. The van der Waals surface area contributed by atoms with Gasteiger partial charge in [0.1, 0.15) is 0 Å². The third-order valence-corrected chi connectivity index (χ3v) is 5.58. The van der Waals surface area contributed by atoms with Gasteiger partial charge in [-0.25, -0.2) is 0 Å². The molecule has 1 fully saturated rings. The number of piperazine rings is 1. The summed E-state index contributed by atoms with van der Waals surface area (Å²) in [4.78, 5) is 28.6. The lowest BCUT2D eigenvalue weighted by Crippen LogP contribution is -2.57. The van der Waals surface area contributed by atoms with Crippen LogP contribution < -0.4 is 10.6 Å². The van der Waals surface area contributed by atoms with E-state index in [1.165, 1.54) is 11.1 Å². The first kappa shape index (κ1) is 23.4. The van der Waals surface area contributed by atoms with Crippen molar-refractivity contribution in [3.63, 3.8) is 0 Å². The lowest BCUT2D eigenvalue weighted by Gasteiger charge is -2.38. The van der Waals surface area contributed by atoms with Gasteiger partial charge in [-0.2, -0.15) is 0 Å². The van der Waals surface area contributed by atoms with Crippen LogP contribution >= 0.6 is 0 Å². The summed E-state index contributed by atoms with van der Waals surface area (Å²) in [6, 6.07) is 8.41. The molecular weight excluding hydrogens is 364 g/mol. The molecule has 1 aliphatic rings. The SMILES string of the molecule is CCCCN1CCN(CC(=O)NCCCNCc2cccc(CC)c2)[C@@H](C)C1=O. The maximum Gasteiger partial charge on any atom is 0.239 e. The van der Waals surface area contributed by atoms with Crippen LogP contribution in [0.2, 0.25) is 0 Å². The minimum atomic E-state index is -0.216. The molecule has 1 heterocycles. The first-order valence-electron chi connectivity index (χ1n) is 11.1. The highest BCUT2D eigenvalue weighted by molar-refractivity contribution is 5.84. The largest absolute Gasteiger partial charge is 0.355 e. The quantitative estimate of drug-likeness (QED) is 0.526. The molecule has 0 saturated carbocycles. The topological polar surface area (TPSA) is 64.7 Å². The standard InChI is InChI=1S/C23H38N4O2/c1-4-6-13-26-14-15-27(19(3)23(26)29)18-22(28)25-12-8-11-24-17-21-10-7-9-20(5-2)16-21/h7,9-10,16,19,24H,4-6,8,11-15,17-18H2,1-3H3,(H,25,28)/t19-/m0/s1. The van der Waals surface area contributed by atoms with E-state index in [0.717, 1.165) is 58.4 Å². The number of rotatable bonds is 12. The first-order valence-corrected chi connectivity index (χ1v) is 11.1. The molecule has 1 aliphatic heterocycles. The van der Waals surface area contributed by atoms with Crippen LogP contribution in [0.3, 0.4) is 0 Å². The van der Waals surface area contributed by atoms with Gasteiger partial charge in [0.15, 0.2) is 0 Å². The second-order valence-electron chi connectivity index (χ2n) is 7.88. The van der Waals surface area contributed by atoms with Gasteiger partial charge >= 0.3 is 0 Å². The summed E-state index contributed by atoms with van der Waals surface area (Å²) >= 11 is 0. The smallest absolute Gasteiger partial charge is 0.239 e. The zero-order valence-electron chi connectivity index (χ0n) is 18.4. The van der Waals surface area contributed by atoms with Crippen molar-refractivity contribution in [1.82, 2.24) is 20.4 Å². The Balaban J connectivity index is 1.59. The average Bonchev–Trinajstić information content (AvgIpc) is 2.73. The molecule has 6 nitrogen and oxygen atoms in total. The molecule has 0 radical (unpaired) electrons. The molecule has 0 unspecified atom stereocenters. The summed E-state index contributed by atoms with van der Waals surface area (Å²) in [5.74, 6) is 0.149. The van der Waals surface area contributed by atoms with E-state index in [9.17, 15) is 9.59 Å². The van der Waals surface area contributed by atoms with E-state index in [2.05, 4.69) is 48.7 Å². The van der Waals surface area contributed by atoms with Gasteiger partial charge in [0.25, 0.3) is 0 Å². The molecule has 0 bridgehead atoms. The van der Waals surface area contributed by atoms with Crippen LogP contribution in [0.15, 0.2) is 24.3 Å². The summed E-state index contributed by atoms with van der Waals surface area (Å²) < 4.78 is 0. The van der Waals surface area contributed by atoms with Crippen molar-refractivity contribution >= 4 is 11.8 Å². The molecule has 1 aromatic rings. The lowest BCUT2D eigenvalue weighted by atomic mass is 10.1. The molecule has 0 aliphatic carbocycles. The van der Waals surface area contributed by atoms with Crippen LogP contribution in [0.25, 0.3) is 0 Å². The molecule has 2 rings (SSSR count). The van der Waals surface area contributed by atoms with E-state index in [4.69, 9.17) is 0 Å². The Morgan fingerprint density at radius 1 is 1.14 bits per heavy atom. The van der Waals surface area contributed by atoms with Crippen LogP contribution in [0.4, 0.5) is 0 Å². The number of benzene rings is 1. The summed E-state index contributed by atoms with van der Waals surface area (Å²) in [7, 11) is 0. The fraction of sp³-hybridized carbons (Fsp3) is 0.652. The molecule has 6 heteroatoms. The fourth-order valence-electron chi connectivity index (χ4n) is 3.63. The molecule has 1 saturated heterocycles. The molecule has 0 aromatic heterocycles. The Bertz CT molecular complexity index is 650. The zero-order valence-corrected chi connectivity index (χ0v) is 18.4. The van der Waals surface area contributed by atoms with Crippen molar-refractivity contribution in [2.24, 2.45) is 0 Å². The van der Waals surface area contributed by atoms with Gasteiger partial charge in [-0.05, 0) is 43.9 Å². The number of nitrogens with one attached hydrogen (secondary N) is 2. The second-order valence-corrected chi connectivity index (χ2v) is 7.88. The van der Waals surface area contributed by atoms with Gasteiger partial charge in [-0.15, -0.1) is 0 Å². The molecule has 2 N–H and O–H groups in total. The number of hydrogen-bond donors (Lipinski definition) is 2. The highest BCUT2D eigenvalue weighted by Crippen LogP contribution is 2.11. The van der Waals surface area contributed by atoms with Gasteiger partial charge < -0.3 is 15.5 Å². The molecule has 1 atom stereocenters. The van der Waals surface area contributed by atoms with E-state index in [-0.39, 0.29) is 17.9 Å². The molecule has 29 heavy (non-hydrogen) atoms. The highest BCUT2D eigenvalue weighted by atomic mass is 16.2. The van der Waals surface area contributed by atoms with E-state index in [0.29, 0.717) is 13.1 Å². The van der Waals surface area contributed by atoms with Crippen molar-refractivity contribution in [2.75, 3.05) is 39.3 Å². The van der Waals surface area contributed by atoms with Gasteiger partial charge in [0.05, 0.1) is 12.6 Å². The third kappa shape index (κ3) is 7.78. The maximum atomic E-state index is 12.5. The number of nitrogens with zero attached hydrogens (tertiary/aromatic N) is 2. The number of unbranched alkanes of at least 4 members (excludes halogenated alkanes) is 1. The van der Waals surface area contributed by atoms with Crippen LogP contribution in [0, 0.1) is 0 Å². The average molecular weight is 403 g/mol. The Morgan fingerprint density at radius 2 is 1.93 bits per heavy atom. The van der Waals surface area contributed by atoms with Crippen LogP contribution in [-0.2, 0) is 22.6 Å². The minimum Gasteiger partial charge on any atom is -0.355 e. The number of carbonyl (C=O) groups is 2. The van der Waals surface area contributed by atoms with Crippen molar-refractivity contribution in [1.29, 1.82) is 0 Å². The molecule has 1 aromatic carbocycles. The van der Waals surface area contributed by atoms with E-state index in [1.807, 2.05) is 16.7 Å². The van der Waals surface area contributed by atoms with E-state index >= 15 is 0 Å². The predicted molar refractivity (Wildman–Crippen MR) is 118 cm³/mol. The van der Waals surface area contributed by atoms with Gasteiger partial charge in [-0.3, -0.25) is 14.5 Å². The monoisotopic (exact) mass is 402 g/mol. The molecule has 0 spiro atoms. The summed E-state index contributed by atoms with van der Waals surface area (Å²) in [5, 5.41) is 6.41. The Kier molecular flexibility index (Phi) is 10.2. The molecule has 2 amide bonds. The second kappa shape index (κ2) is 12.6. The summed E-state index contributed by atoms with van der Waals surface area (Å²) in [6.45, 7) is 11.2. The molecular formula is C23H38N4O2. The minimum absolute atomic E-state index is 0.00213. The van der Waals surface area contributed by atoms with Crippen molar-refractivity contribution in [3.05, 3.63) is 35.4 Å². The Morgan fingerprint density at radius 3 is 2.69 bits per heavy atom. The Hall–Kier alpha value is -1.92. The van der Waals surface area contributed by atoms with E-state index < -0.39 is 0 Å². The number of hydrogen-bond acceptors (Lipinski definition) is 4. The van der Waals surface area contributed by atoms with Gasteiger partial charge in [0.2, 0.25) is 11.8 Å². The fourth-order valence-corrected chi connectivity index (χ4v) is 3.63. The zero-order chi connectivity index (χ0) is 21.1. The van der Waals surface area contributed by atoms with Gasteiger partial charge in [-0.1, -0.05) is 44.5 Å². The van der Waals surface area contributed by atoms with Crippen LogP contribution in [0.1, 0.15) is 51.2 Å². The number of carbonyl (C=O) groups excluding carboxylic acids is 2. The number of aryl methyl sites for hydroxylation is 1. The summed E-state index contributed by atoms with van der Waals surface area (Å²) in [6.07, 6.45) is 4.07. The van der Waals surface area contributed by atoms with Crippen molar-refractivity contribution < 1.29 is 9.59 Å². The normalized spacial score (nSPS) is 17.6. The lowest BCUT2D eigenvalue weighted by molar-refractivity contribution is -0.142. The third-order valence-electron chi connectivity index (χ3n) is 5.58. The first-order chi connectivity index (χ1) is 14.0. The van der Waals surface area contributed by atoms with Crippen LogP contribution in [-0.4, -0.2) is 66.9 Å².